The number of fused-ring (bicyclic) bond motifs is 8. The van der Waals surface area contributed by atoms with Crippen molar-refractivity contribution in [2.75, 3.05) is 4.90 Å². The Morgan fingerprint density at radius 2 is 0.700 bits per heavy atom. The monoisotopic (exact) mass is 781 g/mol. The van der Waals surface area contributed by atoms with Gasteiger partial charge in [-0.15, -0.1) is 11.3 Å². The number of thiophene rings is 1. The van der Waals surface area contributed by atoms with Crippen molar-refractivity contribution in [1.82, 2.24) is 0 Å². The Hall–Kier alpha value is -7.26. The molecule has 2 heteroatoms. The lowest BCUT2D eigenvalue weighted by Gasteiger charge is -2.30. The number of benzene rings is 11. The van der Waals surface area contributed by atoms with Crippen molar-refractivity contribution in [3.8, 4) is 22.3 Å². The summed E-state index contributed by atoms with van der Waals surface area (Å²) in [6.07, 6.45) is 0. The van der Waals surface area contributed by atoms with Gasteiger partial charge < -0.3 is 4.90 Å². The molecule has 60 heavy (non-hydrogen) atoms. The molecule has 0 fully saturated rings. The van der Waals surface area contributed by atoms with Gasteiger partial charge in [0, 0.05) is 36.3 Å². The van der Waals surface area contributed by atoms with Crippen molar-refractivity contribution in [1.29, 1.82) is 0 Å². The van der Waals surface area contributed by atoms with E-state index in [-0.39, 0.29) is 0 Å². The van der Waals surface area contributed by atoms with Gasteiger partial charge >= 0.3 is 0 Å². The van der Waals surface area contributed by atoms with Crippen molar-refractivity contribution in [2.45, 2.75) is 13.8 Å². The average Bonchev–Trinajstić information content (AvgIpc) is 3.68. The van der Waals surface area contributed by atoms with Crippen LogP contribution in [0.1, 0.15) is 11.1 Å². The molecule has 12 aromatic rings. The minimum atomic E-state index is 1.15. The normalized spacial score (nSPS) is 11.8. The fourth-order valence-corrected chi connectivity index (χ4v) is 11.0. The molecule has 1 nitrogen and oxygen atoms in total. The standard InChI is InChI=1S/C58H39NS/c1-36-27-31-52(42-18-6-3-15-39(36)42)59(53-32-28-37(2)40-16-4-7-19-43(40)53)54-33-30-50(41-17-5-8-20-44(41)54)58-48-24-11-9-22-46(48)57(47-23-10-12-25-49(47)58)38-29-34-56-51(35-38)45-21-13-14-26-55(45)60-56/h3-35H,1-2H3. The first-order valence-electron chi connectivity index (χ1n) is 20.8. The lowest BCUT2D eigenvalue weighted by Crippen LogP contribution is -2.12. The second kappa shape index (κ2) is 13.7. The summed E-state index contributed by atoms with van der Waals surface area (Å²) in [5, 5.41) is 15.1. The molecule has 0 aliphatic heterocycles. The zero-order valence-electron chi connectivity index (χ0n) is 33.4. The van der Waals surface area contributed by atoms with E-state index in [1.807, 2.05) is 11.3 Å². The van der Waals surface area contributed by atoms with Crippen molar-refractivity contribution in [3.05, 3.63) is 211 Å². The third-order valence-corrected chi connectivity index (χ3v) is 13.9. The Morgan fingerprint density at radius 1 is 0.300 bits per heavy atom. The molecule has 0 saturated carbocycles. The lowest BCUT2D eigenvalue weighted by atomic mass is 9.84. The molecule has 0 unspecified atom stereocenters. The van der Waals surface area contributed by atoms with Crippen LogP contribution < -0.4 is 4.90 Å². The highest BCUT2D eigenvalue weighted by Gasteiger charge is 2.24. The van der Waals surface area contributed by atoms with Gasteiger partial charge in [-0.2, -0.15) is 0 Å². The largest absolute Gasteiger partial charge is 0.309 e. The van der Waals surface area contributed by atoms with Crippen LogP contribution in [0.5, 0.6) is 0 Å². The van der Waals surface area contributed by atoms with Crippen LogP contribution in [0.2, 0.25) is 0 Å². The van der Waals surface area contributed by atoms with E-state index in [4.69, 9.17) is 0 Å². The Kier molecular flexibility index (Phi) is 7.91. The average molecular weight is 782 g/mol. The van der Waals surface area contributed by atoms with Crippen molar-refractivity contribution >= 4 is 102 Å². The highest BCUT2D eigenvalue weighted by molar-refractivity contribution is 7.25. The van der Waals surface area contributed by atoms with Gasteiger partial charge in [-0.05, 0) is 121 Å². The highest BCUT2D eigenvalue weighted by Crippen LogP contribution is 2.50. The van der Waals surface area contributed by atoms with Crippen molar-refractivity contribution < 1.29 is 0 Å². The second-order valence-electron chi connectivity index (χ2n) is 16.1. The Bertz CT molecular complexity index is 3560. The van der Waals surface area contributed by atoms with Crippen LogP contribution in [0, 0.1) is 13.8 Å². The summed E-state index contributed by atoms with van der Waals surface area (Å²) in [7, 11) is 0. The van der Waals surface area contributed by atoms with E-state index in [2.05, 4.69) is 219 Å². The van der Waals surface area contributed by atoms with Gasteiger partial charge in [-0.1, -0.05) is 164 Å². The molecule has 0 atom stereocenters. The predicted octanol–water partition coefficient (Wildman–Crippen LogP) is 17.2. The number of anilines is 3. The van der Waals surface area contributed by atoms with Crippen LogP contribution in [0.15, 0.2) is 200 Å². The maximum Gasteiger partial charge on any atom is 0.0540 e. The molecule has 0 spiro atoms. The third-order valence-electron chi connectivity index (χ3n) is 12.7. The van der Waals surface area contributed by atoms with E-state index in [0.29, 0.717) is 0 Å². The summed E-state index contributed by atoms with van der Waals surface area (Å²) in [5.41, 5.74) is 11.1. The maximum atomic E-state index is 2.51. The summed E-state index contributed by atoms with van der Waals surface area (Å²) in [5.74, 6) is 0. The third kappa shape index (κ3) is 5.24. The molecule has 0 aliphatic rings. The summed E-state index contributed by atoms with van der Waals surface area (Å²) in [4.78, 5) is 2.51. The Balaban J connectivity index is 1.14. The van der Waals surface area contributed by atoms with E-state index in [1.165, 1.54) is 119 Å². The van der Waals surface area contributed by atoms with Crippen LogP contribution in [-0.4, -0.2) is 0 Å². The minimum absolute atomic E-state index is 1.15. The van der Waals surface area contributed by atoms with E-state index < -0.39 is 0 Å². The second-order valence-corrected chi connectivity index (χ2v) is 17.1. The van der Waals surface area contributed by atoms with Crippen LogP contribution in [-0.2, 0) is 0 Å². The van der Waals surface area contributed by atoms with E-state index in [0.717, 1.165) is 5.69 Å². The van der Waals surface area contributed by atoms with Gasteiger partial charge in [0.25, 0.3) is 0 Å². The van der Waals surface area contributed by atoms with Crippen LogP contribution in [0.25, 0.3) is 96.3 Å². The molecule has 0 amide bonds. The molecule has 282 valence electrons. The Morgan fingerprint density at radius 3 is 1.25 bits per heavy atom. The summed E-state index contributed by atoms with van der Waals surface area (Å²) >= 11 is 1.87. The molecule has 0 N–H and O–H groups in total. The van der Waals surface area contributed by atoms with Gasteiger partial charge in [0.1, 0.15) is 0 Å². The lowest BCUT2D eigenvalue weighted by molar-refractivity contribution is 1.32. The Labute approximate surface area is 353 Å². The SMILES string of the molecule is Cc1ccc(N(c2ccc(C)c3ccccc23)c2ccc(-c3c4ccccc4c(-c4ccc5sc6ccccc6c5c4)c4ccccc34)c3ccccc23)c2ccccc12. The van der Waals surface area contributed by atoms with E-state index >= 15 is 0 Å². The number of hydrogen-bond acceptors (Lipinski definition) is 2. The molecular formula is C58H39NS. The number of hydrogen-bond donors (Lipinski definition) is 0. The highest BCUT2D eigenvalue weighted by atomic mass is 32.1. The van der Waals surface area contributed by atoms with Gasteiger partial charge in [0.15, 0.2) is 0 Å². The molecule has 0 radical (unpaired) electrons. The summed E-state index contributed by atoms with van der Waals surface area (Å²) in [6.45, 7) is 4.43. The van der Waals surface area contributed by atoms with Crippen LogP contribution in [0.4, 0.5) is 17.1 Å². The first-order valence-corrected chi connectivity index (χ1v) is 21.6. The minimum Gasteiger partial charge on any atom is -0.309 e. The fourth-order valence-electron chi connectivity index (χ4n) is 9.95. The van der Waals surface area contributed by atoms with Crippen molar-refractivity contribution in [3.63, 3.8) is 0 Å². The van der Waals surface area contributed by atoms with Gasteiger partial charge in [-0.3, -0.25) is 0 Å². The fraction of sp³-hybridized carbons (Fsp3) is 0.0345. The van der Waals surface area contributed by atoms with Crippen LogP contribution >= 0.6 is 11.3 Å². The maximum absolute atomic E-state index is 2.51. The first-order chi connectivity index (χ1) is 29.6. The molecular weight excluding hydrogens is 743 g/mol. The zero-order chi connectivity index (χ0) is 39.9. The topological polar surface area (TPSA) is 3.24 Å². The van der Waals surface area contributed by atoms with E-state index in [1.54, 1.807) is 0 Å². The smallest absolute Gasteiger partial charge is 0.0540 e. The van der Waals surface area contributed by atoms with E-state index in [9.17, 15) is 0 Å². The molecule has 1 heterocycles. The number of aryl methyl sites for hydroxylation is 2. The van der Waals surface area contributed by atoms with Gasteiger partial charge in [0.05, 0.1) is 17.1 Å². The van der Waals surface area contributed by atoms with Gasteiger partial charge in [0.2, 0.25) is 0 Å². The van der Waals surface area contributed by atoms with Gasteiger partial charge in [-0.25, -0.2) is 0 Å². The predicted molar refractivity (Wildman–Crippen MR) is 262 cm³/mol. The number of nitrogens with zero attached hydrogens (tertiary/aromatic N) is 1. The molecule has 0 aliphatic carbocycles. The number of rotatable bonds is 5. The zero-order valence-corrected chi connectivity index (χ0v) is 34.2. The molecule has 12 rings (SSSR count). The summed E-state index contributed by atoms with van der Waals surface area (Å²) < 4.78 is 2.65. The molecule has 0 saturated heterocycles. The molecule has 11 aromatic carbocycles. The van der Waals surface area contributed by atoms with Crippen molar-refractivity contribution in [2.24, 2.45) is 0 Å². The first kappa shape index (κ1) is 34.8. The van der Waals surface area contributed by atoms with Crippen LogP contribution in [0.3, 0.4) is 0 Å². The molecule has 0 bridgehead atoms. The summed E-state index contributed by atoms with van der Waals surface area (Å²) in [6, 6.07) is 74.6. The molecule has 1 aromatic heterocycles. The quantitative estimate of drug-likeness (QED) is 0.157.